The molecule has 0 spiro atoms. The third kappa shape index (κ3) is 3.62. The van der Waals surface area contributed by atoms with Crippen LogP contribution in [0.15, 0.2) is 134 Å². The number of pyridine rings is 1. The number of nitrogens with zero attached hydrogens (tertiary/aromatic N) is 4. The zero-order chi connectivity index (χ0) is 26.5. The Morgan fingerprint density at radius 3 is 1.57 bits per heavy atom. The van der Waals surface area contributed by atoms with Crippen LogP contribution in [0, 0.1) is 0 Å². The fourth-order valence-electron chi connectivity index (χ4n) is 5.67. The topological polar surface area (TPSA) is 51.6 Å². The Bertz CT molecular complexity index is 2180. The highest BCUT2D eigenvalue weighted by Crippen LogP contribution is 2.37. The van der Waals surface area contributed by atoms with Crippen molar-refractivity contribution in [2.24, 2.45) is 0 Å². The van der Waals surface area contributed by atoms with E-state index in [0.717, 1.165) is 27.6 Å². The van der Waals surface area contributed by atoms with E-state index in [1.54, 1.807) is 0 Å². The number of benzene rings is 6. The molecular weight excluding hydrogens is 488 g/mol. The van der Waals surface area contributed by atoms with Gasteiger partial charge in [-0.25, -0.2) is 15.0 Å². The first-order chi connectivity index (χ1) is 19.8. The van der Waals surface area contributed by atoms with E-state index in [1.165, 1.54) is 32.3 Å². The summed E-state index contributed by atoms with van der Waals surface area (Å²) < 4.78 is 0. The summed E-state index contributed by atoms with van der Waals surface area (Å²) in [5.74, 6) is 1.81. The molecule has 0 saturated carbocycles. The van der Waals surface area contributed by atoms with E-state index in [9.17, 15) is 0 Å². The van der Waals surface area contributed by atoms with Crippen molar-refractivity contribution in [1.82, 2.24) is 19.9 Å². The van der Waals surface area contributed by atoms with Crippen LogP contribution in [0.25, 0.3) is 77.4 Å². The van der Waals surface area contributed by atoms with Crippen LogP contribution in [0.3, 0.4) is 0 Å². The molecule has 0 saturated heterocycles. The molecule has 8 rings (SSSR count). The summed E-state index contributed by atoms with van der Waals surface area (Å²) >= 11 is 0. The van der Waals surface area contributed by atoms with Crippen LogP contribution in [-0.4, -0.2) is 19.9 Å². The van der Waals surface area contributed by atoms with Crippen molar-refractivity contribution in [3.8, 4) is 34.3 Å². The quantitative estimate of drug-likeness (QED) is 0.223. The number of fused-ring (bicyclic) bond motifs is 7. The van der Waals surface area contributed by atoms with E-state index in [-0.39, 0.29) is 0 Å². The molecule has 0 N–H and O–H groups in total. The van der Waals surface area contributed by atoms with Gasteiger partial charge in [0.1, 0.15) is 5.69 Å². The van der Waals surface area contributed by atoms with Gasteiger partial charge in [-0.15, -0.1) is 0 Å². The van der Waals surface area contributed by atoms with Gasteiger partial charge in [0, 0.05) is 22.7 Å². The lowest BCUT2D eigenvalue weighted by Crippen LogP contribution is -2.01. The highest BCUT2D eigenvalue weighted by molar-refractivity contribution is 6.25. The van der Waals surface area contributed by atoms with E-state index in [1.807, 2.05) is 54.7 Å². The molecule has 40 heavy (non-hydrogen) atoms. The summed E-state index contributed by atoms with van der Waals surface area (Å²) in [6.07, 6.45) is 1.82. The molecule has 2 heterocycles. The molecule has 0 aliphatic heterocycles. The number of hydrogen-bond acceptors (Lipinski definition) is 4. The molecule has 0 unspecified atom stereocenters. The average molecular weight is 511 g/mol. The second-order valence-corrected chi connectivity index (χ2v) is 9.90. The third-order valence-corrected chi connectivity index (χ3v) is 7.56. The Kier molecular flexibility index (Phi) is 5.10. The lowest BCUT2D eigenvalue weighted by molar-refractivity contribution is 1.06. The van der Waals surface area contributed by atoms with Crippen LogP contribution in [0.1, 0.15) is 0 Å². The van der Waals surface area contributed by atoms with E-state index in [0.29, 0.717) is 17.5 Å². The van der Waals surface area contributed by atoms with Gasteiger partial charge < -0.3 is 0 Å². The van der Waals surface area contributed by atoms with Crippen LogP contribution in [0.2, 0.25) is 0 Å². The first-order valence-electron chi connectivity index (χ1n) is 13.3. The average Bonchev–Trinajstić information content (AvgIpc) is 3.04. The number of aromatic nitrogens is 4. The van der Waals surface area contributed by atoms with Gasteiger partial charge in [-0.05, 0) is 49.8 Å². The van der Waals surface area contributed by atoms with Crippen molar-refractivity contribution in [3.63, 3.8) is 0 Å². The molecule has 0 aliphatic rings. The minimum Gasteiger partial charge on any atom is -0.252 e. The molecular formula is C36H22N4. The van der Waals surface area contributed by atoms with E-state index < -0.39 is 0 Å². The summed E-state index contributed by atoms with van der Waals surface area (Å²) in [7, 11) is 0. The highest BCUT2D eigenvalue weighted by Gasteiger charge is 2.16. The van der Waals surface area contributed by atoms with Crippen molar-refractivity contribution in [2.75, 3.05) is 0 Å². The molecule has 0 bridgehead atoms. The summed E-state index contributed by atoms with van der Waals surface area (Å²) in [5, 5.41) is 9.45. The maximum atomic E-state index is 5.01. The molecule has 0 aliphatic carbocycles. The lowest BCUT2D eigenvalue weighted by Gasteiger charge is -2.12. The molecule has 2 aromatic heterocycles. The Hall–Kier alpha value is -5.48. The second-order valence-electron chi connectivity index (χ2n) is 9.90. The van der Waals surface area contributed by atoms with Gasteiger partial charge in [0.15, 0.2) is 17.5 Å². The Labute approximate surface area is 230 Å². The zero-order valence-electron chi connectivity index (χ0n) is 21.5. The molecule has 0 amide bonds. The van der Waals surface area contributed by atoms with Gasteiger partial charge in [-0.1, -0.05) is 115 Å². The monoisotopic (exact) mass is 510 g/mol. The highest BCUT2D eigenvalue weighted by atomic mass is 15.0. The summed E-state index contributed by atoms with van der Waals surface area (Å²) in [6.45, 7) is 0. The van der Waals surface area contributed by atoms with E-state index in [4.69, 9.17) is 19.9 Å². The van der Waals surface area contributed by atoms with E-state index >= 15 is 0 Å². The fraction of sp³-hybridized carbons (Fsp3) is 0. The number of hydrogen-bond donors (Lipinski definition) is 0. The molecule has 0 atom stereocenters. The standard InChI is InChI=1S/C36H22N4/c1-2-11-24(12-3-1)34-38-35(40-36(39-34)33-26-13-5-4-10-23(26)20-21-37-33)25-18-19-31-29-16-7-6-14-27(29)28-15-8-9-17-30(28)32(31)22-25/h1-22H. The van der Waals surface area contributed by atoms with Gasteiger partial charge in [0.05, 0.1) is 0 Å². The maximum Gasteiger partial charge on any atom is 0.183 e. The second kappa shape index (κ2) is 9.07. The van der Waals surface area contributed by atoms with Gasteiger partial charge in [0.2, 0.25) is 0 Å². The number of rotatable bonds is 3. The largest absolute Gasteiger partial charge is 0.252 e. The SMILES string of the molecule is c1ccc(-c2nc(-c3ccc4c5ccccc5c5ccccc5c4c3)nc(-c3nccc4ccccc34)n2)cc1. The molecule has 6 aromatic carbocycles. The summed E-state index contributed by atoms with van der Waals surface area (Å²) in [5.41, 5.74) is 2.62. The van der Waals surface area contributed by atoms with E-state index in [2.05, 4.69) is 78.9 Å². The van der Waals surface area contributed by atoms with Crippen molar-refractivity contribution in [1.29, 1.82) is 0 Å². The fourth-order valence-corrected chi connectivity index (χ4v) is 5.67. The van der Waals surface area contributed by atoms with Crippen molar-refractivity contribution < 1.29 is 0 Å². The van der Waals surface area contributed by atoms with Gasteiger partial charge in [0.25, 0.3) is 0 Å². The smallest absolute Gasteiger partial charge is 0.183 e. The minimum atomic E-state index is 0.559. The molecule has 0 radical (unpaired) electrons. The van der Waals surface area contributed by atoms with Gasteiger partial charge in [-0.3, -0.25) is 4.98 Å². The molecule has 4 nitrogen and oxygen atoms in total. The minimum absolute atomic E-state index is 0.559. The van der Waals surface area contributed by atoms with Crippen molar-refractivity contribution in [2.45, 2.75) is 0 Å². The summed E-state index contributed by atoms with van der Waals surface area (Å²) in [6, 6.07) is 44.0. The predicted molar refractivity (Wildman–Crippen MR) is 164 cm³/mol. The van der Waals surface area contributed by atoms with Crippen molar-refractivity contribution >= 4 is 43.1 Å². The third-order valence-electron chi connectivity index (χ3n) is 7.56. The summed E-state index contributed by atoms with van der Waals surface area (Å²) in [4.78, 5) is 19.6. The Balaban J connectivity index is 1.41. The zero-order valence-corrected chi connectivity index (χ0v) is 21.5. The Morgan fingerprint density at radius 2 is 0.875 bits per heavy atom. The van der Waals surface area contributed by atoms with Crippen LogP contribution in [0.4, 0.5) is 0 Å². The normalized spacial score (nSPS) is 11.5. The molecule has 0 fully saturated rings. The first kappa shape index (κ1) is 22.5. The van der Waals surface area contributed by atoms with Crippen LogP contribution < -0.4 is 0 Å². The Morgan fingerprint density at radius 1 is 0.350 bits per heavy atom. The van der Waals surface area contributed by atoms with Crippen molar-refractivity contribution in [3.05, 3.63) is 134 Å². The first-order valence-corrected chi connectivity index (χ1v) is 13.3. The van der Waals surface area contributed by atoms with Gasteiger partial charge in [-0.2, -0.15) is 0 Å². The lowest BCUT2D eigenvalue weighted by atomic mass is 9.93. The van der Waals surface area contributed by atoms with Crippen LogP contribution in [0.5, 0.6) is 0 Å². The molecule has 8 aromatic rings. The van der Waals surface area contributed by atoms with Crippen LogP contribution in [-0.2, 0) is 0 Å². The predicted octanol–water partition coefficient (Wildman–Crippen LogP) is 8.88. The van der Waals surface area contributed by atoms with Gasteiger partial charge >= 0.3 is 0 Å². The molecule has 186 valence electrons. The van der Waals surface area contributed by atoms with Crippen LogP contribution >= 0.6 is 0 Å². The maximum absolute atomic E-state index is 5.01. The molecule has 4 heteroatoms.